The number of phenols is 2. The minimum atomic E-state index is -2.25. The number of hydrogen-bond donors (Lipinski definition) is 5. The number of aromatic hydroxyl groups is 2. The fraction of sp³-hybridized carbons (Fsp3) is 0.529. The SMILES string of the molecule is COc1cccc2c1C(=O)c1c(O)c3c(c(O)c1C2=O)CC(O)(C(=O)CO)C[C@@H]3OC1C[C@H](N=C(C)N2CCCCC2)[C@H](O)C(C)O1. The molecule has 13 heteroatoms. The molecule has 6 rings (SSSR count). The number of phenolic OH excluding ortho intramolecular Hbond substituents is 2. The van der Waals surface area contributed by atoms with Gasteiger partial charge in [-0.1, -0.05) is 12.1 Å². The van der Waals surface area contributed by atoms with Gasteiger partial charge in [-0.15, -0.1) is 0 Å². The van der Waals surface area contributed by atoms with E-state index in [1.54, 1.807) is 6.92 Å². The van der Waals surface area contributed by atoms with Crippen molar-refractivity contribution in [3.63, 3.8) is 0 Å². The minimum absolute atomic E-state index is 0.0450. The number of likely N-dealkylation sites (tertiary alicyclic amines) is 1. The fourth-order valence-electron chi connectivity index (χ4n) is 7.36. The van der Waals surface area contributed by atoms with Gasteiger partial charge in [-0.2, -0.15) is 0 Å². The molecule has 2 aliphatic carbocycles. The molecule has 5 N–H and O–H groups in total. The Morgan fingerprint density at radius 1 is 1.09 bits per heavy atom. The van der Waals surface area contributed by atoms with E-state index in [4.69, 9.17) is 19.2 Å². The molecule has 2 fully saturated rings. The van der Waals surface area contributed by atoms with Crippen LogP contribution < -0.4 is 4.74 Å². The lowest BCUT2D eigenvalue weighted by Gasteiger charge is -2.42. The van der Waals surface area contributed by atoms with Gasteiger partial charge in [0.2, 0.25) is 5.78 Å². The van der Waals surface area contributed by atoms with E-state index >= 15 is 0 Å². The zero-order valence-electron chi connectivity index (χ0n) is 26.6. The average Bonchev–Trinajstić information content (AvgIpc) is 3.06. The molecule has 0 bridgehead atoms. The Labute approximate surface area is 271 Å². The number of Topliss-reactive ketones (excluding diaryl/α,β-unsaturated/α-hetero) is 1. The van der Waals surface area contributed by atoms with Crippen molar-refractivity contribution in [2.24, 2.45) is 4.99 Å². The summed E-state index contributed by atoms with van der Waals surface area (Å²) in [6.45, 7) is 4.27. The summed E-state index contributed by atoms with van der Waals surface area (Å²) >= 11 is 0. The normalized spacial score (nSPS) is 29.2. The van der Waals surface area contributed by atoms with Crippen LogP contribution >= 0.6 is 0 Å². The molecule has 4 aliphatic rings. The van der Waals surface area contributed by atoms with Crippen molar-refractivity contribution in [2.45, 2.75) is 88.6 Å². The van der Waals surface area contributed by atoms with E-state index in [1.165, 1.54) is 25.3 Å². The van der Waals surface area contributed by atoms with Crippen LogP contribution in [0.5, 0.6) is 17.2 Å². The Morgan fingerprint density at radius 3 is 2.47 bits per heavy atom. The van der Waals surface area contributed by atoms with Crippen molar-refractivity contribution in [3.8, 4) is 17.2 Å². The first-order valence-electron chi connectivity index (χ1n) is 15.9. The summed E-state index contributed by atoms with van der Waals surface area (Å²) in [5.74, 6) is -2.93. The smallest absolute Gasteiger partial charge is 0.202 e. The van der Waals surface area contributed by atoms with Crippen molar-refractivity contribution in [2.75, 3.05) is 26.8 Å². The molecule has 0 amide bonds. The van der Waals surface area contributed by atoms with E-state index in [0.29, 0.717) is 0 Å². The number of ketones is 3. The van der Waals surface area contributed by atoms with Gasteiger partial charge in [0.05, 0.1) is 47.9 Å². The van der Waals surface area contributed by atoms with Crippen LogP contribution in [0.2, 0.25) is 0 Å². The molecule has 2 saturated heterocycles. The lowest BCUT2D eigenvalue weighted by molar-refractivity contribution is -0.247. The molecule has 252 valence electrons. The van der Waals surface area contributed by atoms with Gasteiger partial charge < -0.3 is 44.6 Å². The summed E-state index contributed by atoms with van der Waals surface area (Å²) in [5, 5.41) is 55.5. The van der Waals surface area contributed by atoms with Crippen LogP contribution in [-0.4, -0.2) is 111 Å². The van der Waals surface area contributed by atoms with Crippen molar-refractivity contribution in [1.29, 1.82) is 0 Å². The number of benzene rings is 2. The molecule has 3 unspecified atom stereocenters. The maximum absolute atomic E-state index is 13.9. The molecule has 13 nitrogen and oxygen atoms in total. The molecule has 0 radical (unpaired) electrons. The molecule has 2 aromatic rings. The summed E-state index contributed by atoms with van der Waals surface area (Å²) in [4.78, 5) is 47.4. The number of fused-ring (bicyclic) bond motifs is 3. The highest BCUT2D eigenvalue weighted by Gasteiger charge is 2.50. The number of carbonyl (C=O) groups is 3. The Kier molecular flexibility index (Phi) is 8.87. The summed E-state index contributed by atoms with van der Waals surface area (Å²) in [5.41, 5.74) is -3.57. The van der Waals surface area contributed by atoms with E-state index in [9.17, 15) is 39.9 Å². The second kappa shape index (κ2) is 12.6. The van der Waals surface area contributed by atoms with Crippen LogP contribution in [0.25, 0.3) is 0 Å². The zero-order valence-corrected chi connectivity index (χ0v) is 26.6. The van der Waals surface area contributed by atoms with Crippen molar-refractivity contribution < 1.29 is 54.1 Å². The Hall–Kier alpha value is -3.88. The topological polar surface area (TPSA) is 196 Å². The number of hydrogen-bond acceptors (Lipinski definition) is 12. The standard InChI is InChI=1S/C34H40N2O11/c1-16-29(39)20(35-17(2)36-10-5-4-6-11-36)12-24(46-16)47-22-14-34(44,23(38)15-37)13-19-26(22)33(43)28-27(31(19)41)30(40)18-8-7-9-21(45-3)25(18)32(28)42/h7-9,16,20,22,24,29,37,39,41,43-44H,4-6,10-15H2,1-3H3/t16?,20-,22-,24?,29+,34?/m0/s1. The highest BCUT2D eigenvalue weighted by molar-refractivity contribution is 6.31. The molecule has 47 heavy (non-hydrogen) atoms. The predicted octanol–water partition coefficient (Wildman–Crippen LogP) is 1.95. The van der Waals surface area contributed by atoms with E-state index in [2.05, 4.69) is 4.90 Å². The van der Waals surface area contributed by atoms with Gasteiger partial charge in [0, 0.05) is 49.0 Å². The van der Waals surface area contributed by atoms with E-state index in [-0.39, 0.29) is 34.4 Å². The van der Waals surface area contributed by atoms with E-state index in [1.807, 2.05) is 6.92 Å². The molecule has 0 spiro atoms. The van der Waals surface area contributed by atoms with Crippen LogP contribution in [0, 0.1) is 0 Å². The van der Waals surface area contributed by atoms with Gasteiger partial charge in [-0.05, 0) is 39.2 Å². The quantitative estimate of drug-likeness (QED) is 0.148. The first-order chi connectivity index (χ1) is 22.4. The number of aliphatic imine (C=N–C) groups is 1. The van der Waals surface area contributed by atoms with Crippen LogP contribution in [-0.2, 0) is 20.7 Å². The first kappa shape index (κ1) is 33.0. The average molecular weight is 653 g/mol. The number of rotatable bonds is 6. The third-order valence-electron chi connectivity index (χ3n) is 9.90. The van der Waals surface area contributed by atoms with Gasteiger partial charge in [0.15, 0.2) is 17.9 Å². The van der Waals surface area contributed by atoms with Gasteiger partial charge in [-0.3, -0.25) is 19.4 Å². The molecule has 0 saturated carbocycles. The minimum Gasteiger partial charge on any atom is -0.507 e. The molecule has 6 atom stereocenters. The number of nitrogens with zero attached hydrogens (tertiary/aromatic N) is 2. The van der Waals surface area contributed by atoms with Gasteiger partial charge in [-0.25, -0.2) is 0 Å². The summed E-state index contributed by atoms with van der Waals surface area (Å²) < 4.78 is 17.6. The fourth-order valence-corrected chi connectivity index (χ4v) is 7.36. The van der Waals surface area contributed by atoms with Crippen molar-refractivity contribution >= 4 is 23.2 Å². The monoisotopic (exact) mass is 652 g/mol. The number of aliphatic hydroxyl groups is 3. The number of carbonyl (C=O) groups excluding carboxylic acids is 3. The number of piperidine rings is 1. The van der Waals surface area contributed by atoms with Gasteiger partial charge in [0.1, 0.15) is 35.6 Å². The molecule has 2 aromatic carbocycles. The Morgan fingerprint density at radius 2 is 1.79 bits per heavy atom. The van der Waals surface area contributed by atoms with E-state index in [0.717, 1.165) is 38.2 Å². The second-order valence-electron chi connectivity index (χ2n) is 12.8. The third-order valence-corrected chi connectivity index (χ3v) is 9.90. The third kappa shape index (κ3) is 5.59. The molecular formula is C34H40N2O11. The van der Waals surface area contributed by atoms with Crippen LogP contribution in [0.3, 0.4) is 0 Å². The maximum Gasteiger partial charge on any atom is 0.202 e. The molecule has 0 aromatic heterocycles. The summed E-state index contributed by atoms with van der Waals surface area (Å²) in [6.07, 6.45) is -1.80. The zero-order chi connectivity index (χ0) is 33.8. The highest BCUT2D eigenvalue weighted by Crippen LogP contribution is 2.52. The largest absolute Gasteiger partial charge is 0.507 e. The summed E-state index contributed by atoms with van der Waals surface area (Å²) in [6, 6.07) is 3.79. The van der Waals surface area contributed by atoms with Crippen LogP contribution in [0.4, 0.5) is 0 Å². The Balaban J connectivity index is 1.41. The summed E-state index contributed by atoms with van der Waals surface area (Å²) in [7, 11) is 1.34. The van der Waals surface area contributed by atoms with Crippen molar-refractivity contribution in [3.05, 3.63) is 51.6 Å². The molecule has 2 aliphatic heterocycles. The molecule has 2 heterocycles. The lowest BCUT2D eigenvalue weighted by Crippen LogP contribution is -2.50. The predicted molar refractivity (Wildman–Crippen MR) is 166 cm³/mol. The number of ether oxygens (including phenoxy) is 3. The number of methoxy groups -OCH3 is 1. The highest BCUT2D eigenvalue weighted by atomic mass is 16.7. The lowest BCUT2D eigenvalue weighted by atomic mass is 9.72. The molecular weight excluding hydrogens is 612 g/mol. The van der Waals surface area contributed by atoms with Crippen LogP contribution in [0.15, 0.2) is 23.2 Å². The second-order valence-corrected chi connectivity index (χ2v) is 12.8. The van der Waals surface area contributed by atoms with E-state index < -0.39 is 95.7 Å². The van der Waals surface area contributed by atoms with Crippen molar-refractivity contribution in [1.82, 2.24) is 4.90 Å². The van der Waals surface area contributed by atoms with Gasteiger partial charge >= 0.3 is 0 Å². The first-order valence-corrected chi connectivity index (χ1v) is 15.9. The van der Waals surface area contributed by atoms with Gasteiger partial charge in [0.25, 0.3) is 0 Å². The maximum atomic E-state index is 13.9. The number of amidine groups is 1. The van der Waals surface area contributed by atoms with Crippen LogP contribution in [0.1, 0.15) is 95.0 Å². The Bertz CT molecular complexity index is 1650. The number of aliphatic hydroxyl groups excluding tert-OH is 2.